The number of hydrogen-bond acceptors (Lipinski definition) is 6. The fourth-order valence-electron chi connectivity index (χ4n) is 2.58. The third kappa shape index (κ3) is 3.67. The number of rotatable bonds is 4. The summed E-state index contributed by atoms with van der Waals surface area (Å²) in [5.41, 5.74) is 2.12. The van der Waals surface area contributed by atoms with Crippen LogP contribution in [0.3, 0.4) is 0 Å². The number of halogens is 1. The summed E-state index contributed by atoms with van der Waals surface area (Å²) in [6.07, 6.45) is 0. The SMILES string of the molecule is Cc1cc(C)c(C(=O)OCC(=O)c2ccc3c(c2)NC(=O)CO3)c(Cl)n1. The van der Waals surface area contributed by atoms with Crippen LogP contribution < -0.4 is 10.1 Å². The van der Waals surface area contributed by atoms with Crippen molar-refractivity contribution in [1.29, 1.82) is 0 Å². The lowest BCUT2D eigenvalue weighted by atomic mass is 10.1. The summed E-state index contributed by atoms with van der Waals surface area (Å²) >= 11 is 6.00. The van der Waals surface area contributed by atoms with E-state index in [4.69, 9.17) is 21.1 Å². The van der Waals surface area contributed by atoms with Crippen LogP contribution in [0.4, 0.5) is 5.69 Å². The van der Waals surface area contributed by atoms with Crippen LogP contribution in [-0.2, 0) is 9.53 Å². The number of Topliss-reactive ketones (excluding diaryl/α,β-unsaturated/α-hetero) is 1. The standard InChI is InChI=1S/C18H15ClN2O5/c1-9-5-10(2)20-17(19)16(9)18(24)26-7-13(22)11-3-4-14-12(6-11)21-15(23)8-25-14/h3-6H,7-8H2,1-2H3,(H,21,23). The van der Waals surface area contributed by atoms with Gasteiger partial charge < -0.3 is 14.8 Å². The van der Waals surface area contributed by atoms with Crippen molar-refractivity contribution in [3.63, 3.8) is 0 Å². The number of nitrogens with one attached hydrogen (secondary N) is 1. The number of pyridine rings is 1. The zero-order valence-electron chi connectivity index (χ0n) is 14.1. The molecule has 1 aromatic carbocycles. The van der Waals surface area contributed by atoms with E-state index in [0.717, 1.165) is 0 Å². The summed E-state index contributed by atoms with van der Waals surface area (Å²) in [5, 5.41) is 2.65. The number of carbonyl (C=O) groups excluding carboxylic acids is 3. The van der Waals surface area contributed by atoms with Gasteiger partial charge in [-0.25, -0.2) is 9.78 Å². The van der Waals surface area contributed by atoms with Crippen LogP contribution in [0.15, 0.2) is 24.3 Å². The second-order valence-corrected chi connectivity index (χ2v) is 6.15. The molecule has 1 amide bonds. The molecule has 2 aromatic rings. The maximum absolute atomic E-state index is 12.3. The minimum atomic E-state index is -0.719. The Bertz CT molecular complexity index is 903. The van der Waals surface area contributed by atoms with Crippen LogP contribution in [-0.4, -0.2) is 35.9 Å². The van der Waals surface area contributed by atoms with Crippen molar-refractivity contribution < 1.29 is 23.9 Å². The highest BCUT2D eigenvalue weighted by Crippen LogP contribution is 2.28. The van der Waals surface area contributed by atoms with Gasteiger partial charge in [0.25, 0.3) is 5.91 Å². The van der Waals surface area contributed by atoms with Crippen LogP contribution in [0.2, 0.25) is 5.15 Å². The number of aryl methyl sites for hydroxylation is 2. The predicted octanol–water partition coefficient (Wildman–Crippen LogP) is 2.72. The smallest absolute Gasteiger partial charge is 0.342 e. The number of fused-ring (bicyclic) bond motifs is 1. The van der Waals surface area contributed by atoms with Gasteiger partial charge in [-0.15, -0.1) is 0 Å². The monoisotopic (exact) mass is 374 g/mol. The molecule has 0 unspecified atom stereocenters. The second-order valence-electron chi connectivity index (χ2n) is 5.79. The molecule has 0 saturated carbocycles. The van der Waals surface area contributed by atoms with Crippen molar-refractivity contribution in [2.75, 3.05) is 18.5 Å². The Balaban J connectivity index is 1.70. The van der Waals surface area contributed by atoms with E-state index in [1.165, 1.54) is 12.1 Å². The van der Waals surface area contributed by atoms with Gasteiger partial charge in [0, 0.05) is 11.3 Å². The molecule has 1 aromatic heterocycles. The highest BCUT2D eigenvalue weighted by Gasteiger charge is 2.21. The third-order valence-electron chi connectivity index (χ3n) is 3.77. The van der Waals surface area contributed by atoms with Gasteiger partial charge in [0.2, 0.25) is 0 Å². The van der Waals surface area contributed by atoms with Gasteiger partial charge in [0.1, 0.15) is 10.9 Å². The third-order valence-corrected chi connectivity index (χ3v) is 4.05. The van der Waals surface area contributed by atoms with Gasteiger partial charge in [-0.05, 0) is 43.7 Å². The normalized spacial score (nSPS) is 12.7. The molecule has 0 radical (unpaired) electrons. The van der Waals surface area contributed by atoms with E-state index in [-0.39, 0.29) is 28.8 Å². The molecule has 3 rings (SSSR count). The first-order valence-corrected chi connectivity index (χ1v) is 8.13. The first-order chi connectivity index (χ1) is 12.3. The van der Waals surface area contributed by atoms with Gasteiger partial charge in [-0.2, -0.15) is 0 Å². The number of ether oxygens (including phenoxy) is 2. The van der Waals surface area contributed by atoms with Crippen molar-refractivity contribution in [1.82, 2.24) is 4.98 Å². The number of amides is 1. The van der Waals surface area contributed by atoms with E-state index in [1.54, 1.807) is 26.0 Å². The Morgan fingerprint density at radius 3 is 2.81 bits per heavy atom. The number of ketones is 1. The van der Waals surface area contributed by atoms with Gasteiger partial charge in [-0.1, -0.05) is 11.6 Å². The molecular weight excluding hydrogens is 360 g/mol. The van der Waals surface area contributed by atoms with E-state index < -0.39 is 18.4 Å². The average molecular weight is 375 g/mol. The Morgan fingerprint density at radius 2 is 2.08 bits per heavy atom. The quantitative estimate of drug-likeness (QED) is 0.502. The topological polar surface area (TPSA) is 94.6 Å². The van der Waals surface area contributed by atoms with Crippen molar-refractivity contribution >= 4 is 34.9 Å². The molecule has 134 valence electrons. The second kappa shape index (κ2) is 7.13. The Hall–Kier alpha value is -2.93. The molecule has 1 N–H and O–H groups in total. The molecule has 1 aliphatic rings. The lowest BCUT2D eigenvalue weighted by Crippen LogP contribution is -2.25. The fourth-order valence-corrected chi connectivity index (χ4v) is 2.94. The fraction of sp³-hybridized carbons (Fsp3) is 0.222. The molecule has 0 saturated heterocycles. The van der Waals surface area contributed by atoms with Crippen LogP contribution in [0.1, 0.15) is 32.0 Å². The molecule has 0 aliphatic carbocycles. The Kier molecular flexibility index (Phi) is 4.90. The van der Waals surface area contributed by atoms with Crippen molar-refractivity contribution in [3.8, 4) is 5.75 Å². The molecule has 26 heavy (non-hydrogen) atoms. The molecule has 2 heterocycles. The number of nitrogens with zero attached hydrogens (tertiary/aromatic N) is 1. The van der Waals surface area contributed by atoms with E-state index >= 15 is 0 Å². The summed E-state index contributed by atoms with van der Waals surface area (Å²) < 4.78 is 10.3. The number of hydrogen-bond donors (Lipinski definition) is 1. The zero-order chi connectivity index (χ0) is 18.8. The molecule has 0 bridgehead atoms. The Labute approximate surface area is 154 Å². The summed E-state index contributed by atoms with van der Waals surface area (Å²) in [7, 11) is 0. The van der Waals surface area contributed by atoms with Gasteiger partial charge in [0.05, 0.1) is 11.3 Å². The number of aromatic nitrogens is 1. The number of esters is 1. The maximum atomic E-state index is 12.3. The number of carbonyl (C=O) groups is 3. The minimum absolute atomic E-state index is 0.0357. The largest absolute Gasteiger partial charge is 0.482 e. The summed E-state index contributed by atoms with van der Waals surface area (Å²) in [5.74, 6) is -0.963. The number of anilines is 1. The maximum Gasteiger partial charge on any atom is 0.342 e. The van der Waals surface area contributed by atoms with E-state index in [1.807, 2.05) is 0 Å². The molecule has 7 nitrogen and oxygen atoms in total. The molecule has 0 spiro atoms. The zero-order valence-corrected chi connectivity index (χ0v) is 14.8. The highest BCUT2D eigenvalue weighted by molar-refractivity contribution is 6.32. The molecule has 0 atom stereocenters. The predicted molar refractivity (Wildman–Crippen MR) is 93.9 cm³/mol. The van der Waals surface area contributed by atoms with Crippen LogP contribution >= 0.6 is 11.6 Å². The van der Waals surface area contributed by atoms with E-state index in [2.05, 4.69) is 10.3 Å². The van der Waals surface area contributed by atoms with Crippen molar-refractivity contribution in [3.05, 3.63) is 51.8 Å². The minimum Gasteiger partial charge on any atom is -0.482 e. The molecule has 0 fully saturated rings. The van der Waals surface area contributed by atoms with E-state index in [0.29, 0.717) is 22.7 Å². The van der Waals surface area contributed by atoms with Crippen LogP contribution in [0.25, 0.3) is 0 Å². The average Bonchev–Trinajstić information content (AvgIpc) is 2.58. The first kappa shape index (κ1) is 17.9. The number of benzene rings is 1. The summed E-state index contributed by atoms with van der Waals surface area (Å²) in [6, 6.07) is 6.30. The van der Waals surface area contributed by atoms with Gasteiger partial charge in [-0.3, -0.25) is 9.59 Å². The van der Waals surface area contributed by atoms with E-state index in [9.17, 15) is 14.4 Å². The Morgan fingerprint density at radius 1 is 1.31 bits per heavy atom. The molecule has 1 aliphatic heterocycles. The van der Waals surface area contributed by atoms with Crippen LogP contribution in [0.5, 0.6) is 5.75 Å². The van der Waals surface area contributed by atoms with Gasteiger partial charge in [0.15, 0.2) is 19.0 Å². The lowest BCUT2D eigenvalue weighted by molar-refractivity contribution is -0.118. The lowest BCUT2D eigenvalue weighted by Gasteiger charge is -2.18. The van der Waals surface area contributed by atoms with Crippen molar-refractivity contribution in [2.24, 2.45) is 0 Å². The molecule has 8 heteroatoms. The van der Waals surface area contributed by atoms with Crippen molar-refractivity contribution in [2.45, 2.75) is 13.8 Å². The summed E-state index contributed by atoms with van der Waals surface area (Å²) in [6.45, 7) is 2.94. The summed E-state index contributed by atoms with van der Waals surface area (Å²) in [4.78, 5) is 39.9. The first-order valence-electron chi connectivity index (χ1n) is 7.76. The molecular formula is C18H15ClN2O5. The highest BCUT2D eigenvalue weighted by atomic mass is 35.5. The van der Waals surface area contributed by atoms with Crippen LogP contribution in [0, 0.1) is 13.8 Å². The van der Waals surface area contributed by atoms with Gasteiger partial charge >= 0.3 is 5.97 Å².